The summed E-state index contributed by atoms with van der Waals surface area (Å²) < 4.78 is 0. The highest BCUT2D eigenvalue weighted by Gasteiger charge is 2.16. The Kier molecular flexibility index (Phi) is 5.00. The molecule has 3 aromatic carbocycles. The summed E-state index contributed by atoms with van der Waals surface area (Å²) in [4.78, 5) is 25.0. The van der Waals surface area contributed by atoms with Crippen LogP contribution < -0.4 is 10.6 Å². The van der Waals surface area contributed by atoms with E-state index in [1.165, 1.54) is 0 Å². The van der Waals surface area contributed by atoms with Crippen molar-refractivity contribution in [1.82, 2.24) is 5.32 Å². The van der Waals surface area contributed by atoms with Gasteiger partial charge in [-0.15, -0.1) is 0 Å². The summed E-state index contributed by atoms with van der Waals surface area (Å²) in [5, 5.41) is 7.82. The number of fused-ring (bicyclic) bond motifs is 1. The minimum absolute atomic E-state index is 0.273. The van der Waals surface area contributed by atoms with E-state index in [1.807, 2.05) is 43.3 Å². The fraction of sp³-hybridized carbons (Fsp3) is 0.100. The maximum atomic E-state index is 12.8. The maximum absolute atomic E-state index is 12.8. The van der Waals surface area contributed by atoms with Crippen LogP contribution in [0.1, 0.15) is 27.6 Å². The molecule has 0 radical (unpaired) electrons. The minimum atomic E-state index is -0.279. The normalized spacial score (nSPS) is 10.5. The quantitative estimate of drug-likeness (QED) is 0.726. The molecule has 2 N–H and O–H groups in total. The molecule has 0 aliphatic heterocycles. The van der Waals surface area contributed by atoms with Crippen molar-refractivity contribution < 1.29 is 9.59 Å². The summed E-state index contributed by atoms with van der Waals surface area (Å²) >= 11 is 6.00. The number of anilines is 1. The van der Waals surface area contributed by atoms with Crippen LogP contribution >= 0.6 is 11.6 Å². The Morgan fingerprint density at radius 1 is 0.920 bits per heavy atom. The highest BCUT2D eigenvalue weighted by molar-refractivity contribution is 6.31. The van der Waals surface area contributed by atoms with E-state index in [0.717, 1.165) is 10.8 Å². The zero-order valence-corrected chi connectivity index (χ0v) is 14.4. The van der Waals surface area contributed by atoms with Gasteiger partial charge in [0.15, 0.2) is 0 Å². The summed E-state index contributed by atoms with van der Waals surface area (Å²) in [5.41, 5.74) is 1.31. The van der Waals surface area contributed by atoms with E-state index < -0.39 is 0 Å². The van der Waals surface area contributed by atoms with Crippen molar-refractivity contribution in [2.45, 2.75) is 6.92 Å². The fourth-order valence-corrected chi connectivity index (χ4v) is 2.85. The maximum Gasteiger partial charge on any atom is 0.256 e. The van der Waals surface area contributed by atoms with E-state index in [0.29, 0.717) is 28.4 Å². The van der Waals surface area contributed by atoms with Crippen LogP contribution in [0.3, 0.4) is 0 Å². The lowest BCUT2D eigenvalue weighted by atomic mass is 10.0. The van der Waals surface area contributed by atoms with Gasteiger partial charge in [-0.3, -0.25) is 9.59 Å². The fourth-order valence-electron chi connectivity index (χ4n) is 2.68. The second-order valence-electron chi connectivity index (χ2n) is 5.53. The van der Waals surface area contributed by atoms with Gasteiger partial charge in [-0.2, -0.15) is 0 Å². The minimum Gasteiger partial charge on any atom is -0.352 e. The summed E-state index contributed by atoms with van der Waals surface area (Å²) in [6.07, 6.45) is 0. The molecule has 4 nitrogen and oxygen atoms in total. The van der Waals surface area contributed by atoms with E-state index in [4.69, 9.17) is 11.6 Å². The Bertz CT molecular complexity index is 948. The lowest BCUT2D eigenvalue weighted by molar-refractivity contribution is 0.0956. The van der Waals surface area contributed by atoms with Crippen LogP contribution in [0, 0.1) is 0 Å². The van der Waals surface area contributed by atoms with Crippen molar-refractivity contribution in [2.24, 2.45) is 0 Å². The summed E-state index contributed by atoms with van der Waals surface area (Å²) in [7, 11) is 0. The Morgan fingerprint density at radius 3 is 2.48 bits per heavy atom. The summed E-state index contributed by atoms with van der Waals surface area (Å²) in [6.45, 7) is 2.32. The molecule has 3 rings (SSSR count). The number of benzene rings is 3. The van der Waals surface area contributed by atoms with Gasteiger partial charge in [0.25, 0.3) is 11.8 Å². The first kappa shape index (κ1) is 17.0. The molecule has 0 saturated carbocycles. The van der Waals surface area contributed by atoms with Crippen molar-refractivity contribution >= 4 is 39.9 Å². The number of carbonyl (C=O) groups excluding carboxylic acids is 2. The van der Waals surface area contributed by atoms with Gasteiger partial charge in [0.1, 0.15) is 0 Å². The molecular weight excluding hydrogens is 336 g/mol. The van der Waals surface area contributed by atoms with Crippen molar-refractivity contribution in [3.8, 4) is 0 Å². The third kappa shape index (κ3) is 3.64. The van der Waals surface area contributed by atoms with Crippen LogP contribution in [-0.4, -0.2) is 18.4 Å². The molecular formula is C20H17ClN2O2. The van der Waals surface area contributed by atoms with Crippen LogP contribution in [0.25, 0.3) is 10.8 Å². The molecule has 0 aliphatic carbocycles. The SMILES string of the molecule is CCNC(=O)c1cc(Cl)ccc1NC(=O)c1cccc2ccccc12. The van der Waals surface area contributed by atoms with E-state index >= 15 is 0 Å². The van der Waals surface area contributed by atoms with Crippen molar-refractivity contribution in [3.63, 3.8) is 0 Å². The largest absolute Gasteiger partial charge is 0.352 e. The predicted octanol–water partition coefficient (Wildman–Crippen LogP) is 4.50. The van der Waals surface area contributed by atoms with Crippen molar-refractivity contribution in [1.29, 1.82) is 0 Å². The number of nitrogens with one attached hydrogen (secondary N) is 2. The lowest BCUT2D eigenvalue weighted by Gasteiger charge is -2.12. The second kappa shape index (κ2) is 7.36. The van der Waals surface area contributed by atoms with Gasteiger partial charge < -0.3 is 10.6 Å². The van der Waals surface area contributed by atoms with Gasteiger partial charge in [-0.05, 0) is 42.0 Å². The molecule has 0 atom stereocenters. The molecule has 0 bridgehead atoms. The van der Waals surface area contributed by atoms with Crippen molar-refractivity contribution in [2.75, 3.05) is 11.9 Å². The standard InChI is InChI=1S/C20H17ClN2O2/c1-2-22-19(24)17-12-14(21)10-11-18(17)23-20(25)16-9-5-7-13-6-3-4-8-15(13)16/h3-12H,2H2,1H3,(H,22,24)(H,23,25). The molecule has 5 heteroatoms. The molecule has 3 aromatic rings. The van der Waals surface area contributed by atoms with Crippen LogP contribution in [0.5, 0.6) is 0 Å². The molecule has 0 aliphatic rings. The second-order valence-corrected chi connectivity index (χ2v) is 5.97. The Morgan fingerprint density at radius 2 is 1.68 bits per heavy atom. The smallest absolute Gasteiger partial charge is 0.256 e. The molecule has 126 valence electrons. The molecule has 25 heavy (non-hydrogen) atoms. The highest BCUT2D eigenvalue weighted by atomic mass is 35.5. The molecule has 2 amide bonds. The van der Waals surface area contributed by atoms with Gasteiger partial charge in [0.2, 0.25) is 0 Å². The first-order chi connectivity index (χ1) is 12.1. The summed E-state index contributed by atoms with van der Waals surface area (Å²) in [5.74, 6) is -0.553. The van der Waals surface area contributed by atoms with E-state index in [2.05, 4.69) is 10.6 Å². The monoisotopic (exact) mass is 352 g/mol. The van der Waals surface area contributed by atoms with Gasteiger partial charge in [0.05, 0.1) is 11.3 Å². The Balaban J connectivity index is 1.97. The van der Waals surface area contributed by atoms with Crippen LogP contribution in [0.2, 0.25) is 5.02 Å². The van der Waals surface area contributed by atoms with Crippen LogP contribution in [0.4, 0.5) is 5.69 Å². The predicted molar refractivity (Wildman–Crippen MR) is 101 cm³/mol. The molecule has 0 aromatic heterocycles. The third-order valence-electron chi connectivity index (χ3n) is 3.85. The number of carbonyl (C=O) groups is 2. The Hall–Kier alpha value is -2.85. The topological polar surface area (TPSA) is 58.2 Å². The number of hydrogen-bond acceptors (Lipinski definition) is 2. The first-order valence-corrected chi connectivity index (χ1v) is 8.35. The number of hydrogen-bond donors (Lipinski definition) is 2. The van der Waals surface area contributed by atoms with Crippen LogP contribution in [0.15, 0.2) is 60.7 Å². The number of rotatable bonds is 4. The highest BCUT2D eigenvalue weighted by Crippen LogP contribution is 2.24. The molecule has 0 fully saturated rings. The molecule has 0 spiro atoms. The van der Waals surface area contributed by atoms with Crippen LogP contribution in [-0.2, 0) is 0 Å². The summed E-state index contributed by atoms with van der Waals surface area (Å²) in [6, 6.07) is 18.0. The Labute approximate surface area is 150 Å². The number of amides is 2. The molecule has 0 unspecified atom stereocenters. The lowest BCUT2D eigenvalue weighted by Crippen LogP contribution is -2.25. The molecule has 0 heterocycles. The average Bonchev–Trinajstić information content (AvgIpc) is 2.62. The molecule has 0 saturated heterocycles. The van der Waals surface area contributed by atoms with Gasteiger partial charge in [-0.25, -0.2) is 0 Å². The van der Waals surface area contributed by atoms with Crippen molar-refractivity contribution in [3.05, 3.63) is 76.8 Å². The van der Waals surface area contributed by atoms with E-state index in [9.17, 15) is 9.59 Å². The van der Waals surface area contributed by atoms with E-state index in [-0.39, 0.29) is 11.8 Å². The third-order valence-corrected chi connectivity index (χ3v) is 4.08. The number of halogens is 1. The van der Waals surface area contributed by atoms with Gasteiger partial charge in [0, 0.05) is 17.1 Å². The van der Waals surface area contributed by atoms with Gasteiger partial charge >= 0.3 is 0 Å². The average molecular weight is 353 g/mol. The zero-order valence-electron chi connectivity index (χ0n) is 13.7. The first-order valence-electron chi connectivity index (χ1n) is 7.97. The van der Waals surface area contributed by atoms with Gasteiger partial charge in [-0.1, -0.05) is 48.0 Å². The van der Waals surface area contributed by atoms with E-state index in [1.54, 1.807) is 24.3 Å². The zero-order chi connectivity index (χ0) is 17.8.